The van der Waals surface area contributed by atoms with Crippen molar-refractivity contribution in [3.63, 3.8) is 0 Å². The summed E-state index contributed by atoms with van der Waals surface area (Å²) in [6.45, 7) is 10.6. The van der Waals surface area contributed by atoms with Gasteiger partial charge in [-0.1, -0.05) is 88.4 Å². The second kappa shape index (κ2) is 14.4. The fraction of sp³-hybridized carbons (Fsp3) is 0.394. The molecule has 1 saturated heterocycles. The van der Waals surface area contributed by atoms with Gasteiger partial charge >= 0.3 is 0 Å². The lowest BCUT2D eigenvalue weighted by atomic mass is 9.95. The molecule has 1 fully saturated rings. The van der Waals surface area contributed by atoms with Crippen molar-refractivity contribution in [2.45, 2.75) is 65.2 Å². The van der Waals surface area contributed by atoms with Gasteiger partial charge in [0, 0.05) is 24.5 Å². The van der Waals surface area contributed by atoms with Crippen LogP contribution < -0.4 is 16.0 Å². The normalized spacial score (nSPS) is 14.4. The monoisotopic (exact) mass is 513 g/mol. The van der Waals surface area contributed by atoms with Gasteiger partial charge < -0.3 is 16.0 Å². The Hall–Kier alpha value is -3.60. The molecule has 3 N–H and O–H groups in total. The van der Waals surface area contributed by atoms with E-state index in [4.69, 9.17) is 5.73 Å². The first kappa shape index (κ1) is 29.0. The van der Waals surface area contributed by atoms with Crippen molar-refractivity contribution in [2.75, 3.05) is 23.3 Å². The molecule has 0 saturated carbocycles. The number of anilines is 2. The van der Waals surface area contributed by atoms with E-state index in [9.17, 15) is 9.59 Å². The number of nitrogens with one attached hydrogen (secondary N) is 1. The molecule has 4 rings (SSSR count). The summed E-state index contributed by atoms with van der Waals surface area (Å²) in [4.78, 5) is 26.9. The van der Waals surface area contributed by atoms with Gasteiger partial charge in [0.05, 0.1) is 12.3 Å². The first-order chi connectivity index (χ1) is 18.3. The third-order valence-corrected chi connectivity index (χ3v) is 7.23. The Morgan fingerprint density at radius 3 is 2.00 bits per heavy atom. The number of primary amides is 1. The number of benzene rings is 3. The zero-order chi connectivity index (χ0) is 27.5. The van der Waals surface area contributed by atoms with Crippen LogP contribution in [-0.4, -0.2) is 24.9 Å². The molecule has 0 bridgehead atoms. The standard InChI is InChI=1S/C24H31N3O2.C9H12/c1-3-21(18-7-5-4-6-8-18)24(29)26-20-9-10-22(19(15-20)16-23(25)28)27-13-11-17(2)12-14-27;1-8(2)9-6-4-3-5-7-9/h4-10,15,17,21H,3,11-14,16H2,1-2H3,(H2,25,28)(H,26,29);3-8H,1-2H3. The molecule has 0 spiro atoms. The van der Waals surface area contributed by atoms with Crippen LogP contribution in [0.4, 0.5) is 11.4 Å². The maximum atomic E-state index is 12.9. The minimum atomic E-state index is -0.365. The van der Waals surface area contributed by atoms with Crippen LogP contribution in [0.5, 0.6) is 0 Å². The van der Waals surface area contributed by atoms with Gasteiger partial charge in [0.15, 0.2) is 0 Å². The molecular weight excluding hydrogens is 470 g/mol. The number of hydrogen-bond donors (Lipinski definition) is 2. The second-order valence-electron chi connectivity index (χ2n) is 10.6. The molecule has 0 aliphatic carbocycles. The Kier molecular flexibility index (Phi) is 11.0. The predicted octanol–water partition coefficient (Wildman–Crippen LogP) is 6.89. The summed E-state index contributed by atoms with van der Waals surface area (Å²) >= 11 is 0. The van der Waals surface area contributed by atoms with Gasteiger partial charge in [-0.05, 0) is 66.0 Å². The Morgan fingerprint density at radius 1 is 0.921 bits per heavy atom. The summed E-state index contributed by atoms with van der Waals surface area (Å²) in [5.41, 5.74) is 10.5. The van der Waals surface area contributed by atoms with Crippen molar-refractivity contribution in [2.24, 2.45) is 11.7 Å². The van der Waals surface area contributed by atoms with Crippen molar-refractivity contribution >= 4 is 23.2 Å². The van der Waals surface area contributed by atoms with Crippen LogP contribution in [0.2, 0.25) is 0 Å². The molecular formula is C33H43N3O2. The molecule has 2 amide bonds. The maximum absolute atomic E-state index is 12.9. The Morgan fingerprint density at radius 2 is 1.50 bits per heavy atom. The summed E-state index contributed by atoms with van der Waals surface area (Å²) in [7, 11) is 0. The molecule has 1 aliphatic rings. The zero-order valence-corrected chi connectivity index (χ0v) is 23.3. The summed E-state index contributed by atoms with van der Waals surface area (Å²) in [5.74, 6) is 0.776. The van der Waals surface area contributed by atoms with E-state index in [0.29, 0.717) is 18.0 Å². The summed E-state index contributed by atoms with van der Waals surface area (Å²) in [6.07, 6.45) is 3.17. The number of carbonyl (C=O) groups is 2. The first-order valence-electron chi connectivity index (χ1n) is 13.8. The maximum Gasteiger partial charge on any atom is 0.231 e. The number of carbonyl (C=O) groups excluding carboxylic acids is 2. The molecule has 202 valence electrons. The van der Waals surface area contributed by atoms with E-state index in [0.717, 1.165) is 48.7 Å². The smallest absolute Gasteiger partial charge is 0.231 e. The van der Waals surface area contributed by atoms with Crippen molar-refractivity contribution in [3.05, 3.63) is 95.6 Å². The van der Waals surface area contributed by atoms with Gasteiger partial charge in [0.25, 0.3) is 0 Å². The first-order valence-corrected chi connectivity index (χ1v) is 13.8. The topological polar surface area (TPSA) is 75.4 Å². The summed E-state index contributed by atoms with van der Waals surface area (Å²) in [6, 6.07) is 26.2. The van der Waals surface area contributed by atoms with Crippen molar-refractivity contribution in [1.29, 1.82) is 0 Å². The third-order valence-electron chi connectivity index (χ3n) is 7.23. The molecule has 0 radical (unpaired) electrons. The highest BCUT2D eigenvalue weighted by Crippen LogP contribution is 2.30. The van der Waals surface area contributed by atoms with Crippen molar-refractivity contribution in [3.8, 4) is 0 Å². The fourth-order valence-electron chi connectivity index (χ4n) is 4.88. The van der Waals surface area contributed by atoms with E-state index < -0.39 is 0 Å². The number of rotatable bonds is 8. The SMILES string of the molecule is CC(C)c1ccccc1.CCC(C(=O)Nc1ccc(N2CCC(C)CC2)c(CC(N)=O)c1)c1ccccc1. The minimum Gasteiger partial charge on any atom is -0.371 e. The van der Waals surface area contributed by atoms with Crippen LogP contribution in [0.3, 0.4) is 0 Å². The predicted molar refractivity (Wildman–Crippen MR) is 159 cm³/mol. The van der Waals surface area contributed by atoms with E-state index in [-0.39, 0.29) is 24.2 Å². The molecule has 1 unspecified atom stereocenters. The van der Waals surface area contributed by atoms with E-state index in [1.807, 2.05) is 61.5 Å². The number of hydrogen-bond acceptors (Lipinski definition) is 3. The molecule has 3 aromatic rings. The summed E-state index contributed by atoms with van der Waals surface area (Å²) < 4.78 is 0. The van der Waals surface area contributed by atoms with Gasteiger partial charge in [-0.15, -0.1) is 0 Å². The number of piperidine rings is 1. The molecule has 38 heavy (non-hydrogen) atoms. The third kappa shape index (κ3) is 8.47. The Bertz CT molecular complexity index is 1150. The van der Waals surface area contributed by atoms with Crippen LogP contribution >= 0.6 is 0 Å². The highest BCUT2D eigenvalue weighted by molar-refractivity contribution is 5.96. The minimum absolute atomic E-state index is 0.0386. The zero-order valence-electron chi connectivity index (χ0n) is 23.3. The Balaban J connectivity index is 0.000000375. The number of amides is 2. The van der Waals surface area contributed by atoms with Crippen LogP contribution in [0, 0.1) is 5.92 Å². The van der Waals surface area contributed by atoms with Crippen LogP contribution in [-0.2, 0) is 16.0 Å². The van der Waals surface area contributed by atoms with E-state index >= 15 is 0 Å². The average Bonchev–Trinajstić information content (AvgIpc) is 2.91. The largest absolute Gasteiger partial charge is 0.371 e. The van der Waals surface area contributed by atoms with Crippen LogP contribution in [0.15, 0.2) is 78.9 Å². The number of nitrogens with two attached hydrogens (primary N) is 1. The molecule has 0 aromatic heterocycles. The van der Waals surface area contributed by atoms with Gasteiger partial charge in [-0.3, -0.25) is 9.59 Å². The van der Waals surface area contributed by atoms with Crippen molar-refractivity contribution in [1.82, 2.24) is 0 Å². The lowest BCUT2D eigenvalue weighted by molar-refractivity contribution is -0.118. The average molecular weight is 514 g/mol. The second-order valence-corrected chi connectivity index (χ2v) is 10.6. The van der Waals surface area contributed by atoms with Gasteiger partial charge in [0.2, 0.25) is 11.8 Å². The molecule has 1 heterocycles. The molecule has 5 heteroatoms. The van der Waals surface area contributed by atoms with Gasteiger partial charge in [-0.2, -0.15) is 0 Å². The molecule has 3 aromatic carbocycles. The van der Waals surface area contributed by atoms with Crippen molar-refractivity contribution < 1.29 is 9.59 Å². The van der Waals surface area contributed by atoms with Crippen LogP contribution in [0.1, 0.15) is 75.5 Å². The van der Waals surface area contributed by atoms with E-state index in [1.54, 1.807) is 0 Å². The quantitative estimate of drug-likeness (QED) is 0.344. The Labute approximate surface area is 228 Å². The van der Waals surface area contributed by atoms with E-state index in [2.05, 4.69) is 55.3 Å². The lowest BCUT2D eigenvalue weighted by Gasteiger charge is -2.33. The van der Waals surface area contributed by atoms with Crippen LogP contribution in [0.25, 0.3) is 0 Å². The summed E-state index contributed by atoms with van der Waals surface area (Å²) in [5, 5.41) is 3.03. The molecule has 5 nitrogen and oxygen atoms in total. The van der Waals surface area contributed by atoms with Gasteiger partial charge in [0.1, 0.15) is 0 Å². The molecule has 1 aliphatic heterocycles. The number of nitrogens with zero attached hydrogens (tertiary/aromatic N) is 1. The van der Waals surface area contributed by atoms with Gasteiger partial charge in [-0.25, -0.2) is 0 Å². The highest BCUT2D eigenvalue weighted by atomic mass is 16.2. The highest BCUT2D eigenvalue weighted by Gasteiger charge is 2.21. The fourth-order valence-corrected chi connectivity index (χ4v) is 4.88. The molecule has 1 atom stereocenters. The van der Waals surface area contributed by atoms with E-state index in [1.165, 1.54) is 5.56 Å². The lowest BCUT2D eigenvalue weighted by Crippen LogP contribution is -2.34.